The van der Waals surface area contributed by atoms with Crippen molar-refractivity contribution >= 4 is 17.2 Å². The molecule has 0 fully saturated rings. The molecular formula is C25H19F2N5O. The van der Waals surface area contributed by atoms with Crippen molar-refractivity contribution in [2.45, 2.75) is 6.92 Å². The Kier molecular flexibility index (Phi) is 5.18. The van der Waals surface area contributed by atoms with E-state index in [0.29, 0.717) is 28.5 Å². The van der Waals surface area contributed by atoms with Crippen LogP contribution in [-0.2, 0) is 0 Å². The van der Waals surface area contributed by atoms with Gasteiger partial charge in [-0.2, -0.15) is 0 Å². The molecule has 0 spiro atoms. The molecule has 5 aromatic rings. The molecule has 0 aliphatic carbocycles. The van der Waals surface area contributed by atoms with Crippen molar-refractivity contribution in [2.75, 3.05) is 12.4 Å². The number of methoxy groups -OCH3 is 1. The first-order chi connectivity index (χ1) is 16.0. The minimum Gasteiger partial charge on any atom is -0.497 e. The lowest BCUT2D eigenvalue weighted by Gasteiger charge is -2.11. The smallest absolute Gasteiger partial charge is 0.245 e. The number of imidazole rings is 1. The fourth-order valence-electron chi connectivity index (χ4n) is 3.71. The number of fused-ring (bicyclic) bond motifs is 1. The third-order valence-corrected chi connectivity index (χ3v) is 5.32. The van der Waals surface area contributed by atoms with Crippen LogP contribution in [0.4, 0.5) is 20.4 Å². The third kappa shape index (κ3) is 3.76. The van der Waals surface area contributed by atoms with Gasteiger partial charge in [-0.3, -0.25) is 0 Å². The molecule has 33 heavy (non-hydrogen) atoms. The molecular weight excluding hydrogens is 424 g/mol. The van der Waals surface area contributed by atoms with Crippen LogP contribution in [0.1, 0.15) is 5.69 Å². The first-order valence-corrected chi connectivity index (χ1v) is 10.2. The molecule has 0 unspecified atom stereocenters. The maximum absolute atomic E-state index is 15.0. The highest BCUT2D eigenvalue weighted by Crippen LogP contribution is 2.35. The van der Waals surface area contributed by atoms with Crippen molar-refractivity contribution in [3.63, 3.8) is 0 Å². The summed E-state index contributed by atoms with van der Waals surface area (Å²) in [7, 11) is 1.60. The standard InChI is InChI=1S/C25H19F2N5O/c1-15-22-14-28-25(30-16-10-12-17(33-2)13-11-16)31-32(22)24(29-15)19-7-5-9-21(27)23(19)18-6-3-4-8-20(18)26/h3-14H,1-2H3,(H,30,31). The van der Waals surface area contributed by atoms with Gasteiger partial charge in [0.05, 0.1) is 19.0 Å². The van der Waals surface area contributed by atoms with E-state index >= 15 is 0 Å². The van der Waals surface area contributed by atoms with E-state index in [1.165, 1.54) is 12.1 Å². The second kappa shape index (κ2) is 8.31. The minimum absolute atomic E-state index is 0.130. The van der Waals surface area contributed by atoms with Gasteiger partial charge in [0.15, 0.2) is 5.82 Å². The summed E-state index contributed by atoms with van der Waals surface area (Å²) in [5, 5.41) is 7.72. The van der Waals surface area contributed by atoms with Gasteiger partial charge in [0.1, 0.15) is 22.9 Å². The van der Waals surface area contributed by atoms with Crippen molar-refractivity contribution in [3.05, 3.63) is 90.3 Å². The van der Waals surface area contributed by atoms with Gasteiger partial charge in [0.25, 0.3) is 0 Å². The van der Waals surface area contributed by atoms with Gasteiger partial charge < -0.3 is 10.1 Å². The van der Waals surface area contributed by atoms with Crippen molar-refractivity contribution in [2.24, 2.45) is 0 Å². The van der Waals surface area contributed by atoms with Gasteiger partial charge in [0, 0.05) is 22.4 Å². The van der Waals surface area contributed by atoms with Gasteiger partial charge in [-0.25, -0.2) is 23.3 Å². The Bertz CT molecular complexity index is 1460. The molecule has 0 saturated heterocycles. The van der Waals surface area contributed by atoms with Crippen LogP contribution >= 0.6 is 0 Å². The predicted molar refractivity (Wildman–Crippen MR) is 123 cm³/mol. The number of benzene rings is 3. The molecule has 0 aliphatic heterocycles. The quantitative estimate of drug-likeness (QED) is 0.372. The lowest BCUT2D eigenvalue weighted by Crippen LogP contribution is -2.04. The SMILES string of the molecule is COc1ccc(Nc2ncc3c(C)nc(-c4cccc(F)c4-c4ccccc4F)n3n2)cc1. The molecule has 1 N–H and O–H groups in total. The fourth-order valence-corrected chi connectivity index (χ4v) is 3.71. The number of hydrogen-bond donors (Lipinski definition) is 1. The van der Waals surface area contributed by atoms with Crippen molar-refractivity contribution in [1.29, 1.82) is 0 Å². The summed E-state index contributed by atoms with van der Waals surface area (Å²) in [6, 6.07) is 18.0. The van der Waals surface area contributed by atoms with Crippen molar-refractivity contribution in [1.82, 2.24) is 19.6 Å². The summed E-state index contributed by atoms with van der Waals surface area (Å²) in [4.78, 5) is 8.99. The summed E-state index contributed by atoms with van der Waals surface area (Å²) in [6.45, 7) is 1.82. The molecule has 0 saturated carbocycles. The van der Waals surface area contributed by atoms with E-state index in [-0.39, 0.29) is 11.1 Å². The van der Waals surface area contributed by atoms with E-state index in [1.54, 1.807) is 48.2 Å². The second-order valence-corrected chi connectivity index (χ2v) is 7.40. The number of nitrogens with zero attached hydrogens (tertiary/aromatic N) is 4. The van der Waals surface area contributed by atoms with Crippen LogP contribution in [0.25, 0.3) is 28.0 Å². The Morgan fingerprint density at radius 3 is 2.36 bits per heavy atom. The van der Waals surface area contributed by atoms with Crippen LogP contribution in [0.2, 0.25) is 0 Å². The topological polar surface area (TPSA) is 64.3 Å². The van der Waals surface area contributed by atoms with Crippen LogP contribution in [-0.4, -0.2) is 26.7 Å². The first-order valence-electron chi connectivity index (χ1n) is 10.2. The number of nitrogens with one attached hydrogen (secondary N) is 1. The first kappa shape index (κ1) is 20.6. The molecule has 0 radical (unpaired) electrons. The highest BCUT2D eigenvalue weighted by Gasteiger charge is 2.21. The van der Waals surface area contributed by atoms with Gasteiger partial charge in [-0.05, 0) is 43.3 Å². The number of aryl methyl sites for hydroxylation is 1. The number of halogens is 2. The summed E-state index contributed by atoms with van der Waals surface area (Å²) in [5.74, 6) is 0.391. The molecule has 2 aromatic heterocycles. The summed E-state index contributed by atoms with van der Waals surface area (Å²) in [5.41, 5.74) is 2.82. The normalized spacial score (nSPS) is 11.0. The average Bonchev–Trinajstić information content (AvgIpc) is 3.16. The van der Waals surface area contributed by atoms with Gasteiger partial charge in [0.2, 0.25) is 5.95 Å². The average molecular weight is 443 g/mol. The van der Waals surface area contributed by atoms with Crippen LogP contribution < -0.4 is 10.1 Å². The van der Waals surface area contributed by atoms with E-state index in [2.05, 4.69) is 20.4 Å². The fraction of sp³-hybridized carbons (Fsp3) is 0.0800. The van der Waals surface area contributed by atoms with E-state index in [0.717, 1.165) is 11.4 Å². The van der Waals surface area contributed by atoms with Crippen LogP contribution in [0.5, 0.6) is 5.75 Å². The molecule has 0 bridgehead atoms. The lowest BCUT2D eigenvalue weighted by atomic mass is 9.98. The Hall–Kier alpha value is -4.33. The minimum atomic E-state index is -0.544. The Labute approximate surface area is 188 Å². The van der Waals surface area contributed by atoms with Gasteiger partial charge in [-0.1, -0.05) is 30.3 Å². The van der Waals surface area contributed by atoms with E-state index in [1.807, 2.05) is 31.2 Å². The Morgan fingerprint density at radius 1 is 0.879 bits per heavy atom. The zero-order chi connectivity index (χ0) is 22.9. The molecule has 0 aliphatic rings. The number of hydrogen-bond acceptors (Lipinski definition) is 5. The lowest BCUT2D eigenvalue weighted by molar-refractivity contribution is 0.415. The van der Waals surface area contributed by atoms with E-state index in [9.17, 15) is 8.78 Å². The summed E-state index contributed by atoms with van der Waals surface area (Å²) >= 11 is 0. The molecule has 0 atom stereocenters. The molecule has 8 heteroatoms. The predicted octanol–water partition coefficient (Wildman–Crippen LogP) is 5.80. The Morgan fingerprint density at radius 2 is 1.61 bits per heavy atom. The highest BCUT2D eigenvalue weighted by atomic mass is 19.1. The number of aromatic nitrogens is 4. The zero-order valence-corrected chi connectivity index (χ0v) is 17.9. The second-order valence-electron chi connectivity index (χ2n) is 7.40. The van der Waals surface area contributed by atoms with Gasteiger partial charge in [-0.15, -0.1) is 5.10 Å². The third-order valence-electron chi connectivity index (χ3n) is 5.32. The molecule has 2 heterocycles. The molecule has 3 aromatic carbocycles. The summed E-state index contributed by atoms with van der Waals surface area (Å²) in [6.07, 6.45) is 1.65. The van der Waals surface area contributed by atoms with Gasteiger partial charge >= 0.3 is 0 Å². The van der Waals surface area contributed by atoms with E-state index in [4.69, 9.17) is 4.74 Å². The van der Waals surface area contributed by atoms with Crippen molar-refractivity contribution < 1.29 is 13.5 Å². The molecule has 0 amide bonds. The highest BCUT2D eigenvalue weighted by molar-refractivity contribution is 5.82. The maximum atomic E-state index is 15.0. The largest absolute Gasteiger partial charge is 0.497 e. The Balaban J connectivity index is 1.64. The molecule has 164 valence electrons. The van der Waals surface area contributed by atoms with E-state index < -0.39 is 11.6 Å². The number of rotatable bonds is 5. The van der Waals surface area contributed by atoms with Crippen LogP contribution in [0.3, 0.4) is 0 Å². The monoisotopic (exact) mass is 443 g/mol. The number of ether oxygens (including phenoxy) is 1. The van der Waals surface area contributed by atoms with Crippen LogP contribution in [0.15, 0.2) is 72.9 Å². The molecule has 6 nitrogen and oxygen atoms in total. The number of anilines is 2. The van der Waals surface area contributed by atoms with Crippen LogP contribution in [0, 0.1) is 18.6 Å². The zero-order valence-electron chi connectivity index (χ0n) is 17.9. The summed E-state index contributed by atoms with van der Waals surface area (Å²) < 4.78 is 36.3. The maximum Gasteiger partial charge on any atom is 0.245 e. The molecule has 5 rings (SSSR count). The van der Waals surface area contributed by atoms with Crippen molar-refractivity contribution in [3.8, 4) is 28.3 Å².